The van der Waals surface area contributed by atoms with Crippen molar-refractivity contribution in [2.24, 2.45) is 5.11 Å². The lowest BCUT2D eigenvalue weighted by atomic mass is 10.1. The fourth-order valence-corrected chi connectivity index (χ4v) is 1.75. The van der Waals surface area contributed by atoms with Gasteiger partial charge in [-0.1, -0.05) is 17.2 Å². The summed E-state index contributed by atoms with van der Waals surface area (Å²) in [7, 11) is 3.09. The lowest BCUT2D eigenvalue weighted by Crippen LogP contribution is -2.33. The molecule has 118 valence electrons. The third-order valence-corrected chi connectivity index (χ3v) is 3.04. The number of rotatable bonds is 8. The second-order valence-corrected chi connectivity index (χ2v) is 4.50. The van der Waals surface area contributed by atoms with Crippen molar-refractivity contribution in [3.63, 3.8) is 0 Å². The molecule has 1 aromatic rings. The normalized spacial score (nSPS) is 11.0. The van der Waals surface area contributed by atoms with Crippen LogP contribution in [-0.4, -0.2) is 32.0 Å². The van der Waals surface area contributed by atoms with Gasteiger partial charge < -0.3 is 15.4 Å². The van der Waals surface area contributed by atoms with Crippen molar-refractivity contribution < 1.29 is 14.3 Å². The third-order valence-electron chi connectivity index (χ3n) is 3.04. The Morgan fingerprint density at radius 2 is 2.05 bits per heavy atom. The molecule has 0 aliphatic carbocycles. The first-order chi connectivity index (χ1) is 10.6. The van der Waals surface area contributed by atoms with Crippen LogP contribution in [0.1, 0.15) is 18.4 Å². The number of nitrogens with zero attached hydrogens (tertiary/aromatic N) is 3. The molecule has 0 fully saturated rings. The molecule has 0 bridgehead atoms. The van der Waals surface area contributed by atoms with Gasteiger partial charge in [0.25, 0.3) is 0 Å². The van der Waals surface area contributed by atoms with E-state index in [0.717, 1.165) is 11.3 Å². The van der Waals surface area contributed by atoms with Gasteiger partial charge in [0, 0.05) is 24.9 Å². The second kappa shape index (κ2) is 9.25. The highest BCUT2D eigenvalue weighted by atomic mass is 16.5. The second-order valence-electron chi connectivity index (χ2n) is 4.50. The molecule has 1 atom stereocenters. The first-order valence-electron chi connectivity index (χ1n) is 6.76. The number of methoxy groups -OCH3 is 1. The zero-order chi connectivity index (χ0) is 16.4. The van der Waals surface area contributed by atoms with E-state index in [4.69, 9.17) is 10.3 Å². The van der Waals surface area contributed by atoms with Gasteiger partial charge in [-0.15, -0.1) is 0 Å². The Balaban J connectivity index is 2.54. The predicted octanol–water partition coefficient (Wildman–Crippen LogP) is 1.52. The minimum atomic E-state index is -0.902. The fraction of sp³-hybridized carbons (Fsp3) is 0.429. The van der Waals surface area contributed by atoms with E-state index in [1.807, 2.05) is 12.1 Å². The van der Waals surface area contributed by atoms with Crippen LogP contribution in [0, 0.1) is 0 Å². The molecule has 0 aliphatic rings. The van der Waals surface area contributed by atoms with Gasteiger partial charge in [-0.25, -0.2) is 0 Å². The highest BCUT2D eigenvalue weighted by molar-refractivity contribution is 5.83. The van der Waals surface area contributed by atoms with E-state index >= 15 is 0 Å². The van der Waals surface area contributed by atoms with Gasteiger partial charge >= 0.3 is 0 Å². The van der Waals surface area contributed by atoms with Crippen LogP contribution in [0.2, 0.25) is 0 Å². The van der Waals surface area contributed by atoms with Crippen LogP contribution in [0.3, 0.4) is 0 Å². The maximum Gasteiger partial charge on any atom is 0.229 e. The summed E-state index contributed by atoms with van der Waals surface area (Å²) in [6.07, 6.45) is 0.286. The van der Waals surface area contributed by atoms with Crippen molar-refractivity contribution >= 4 is 11.8 Å². The summed E-state index contributed by atoms with van der Waals surface area (Å²) < 4.78 is 5.05. The molecule has 0 aliphatic heterocycles. The Bertz CT molecular complexity index is 552. The smallest absolute Gasteiger partial charge is 0.229 e. The molecule has 22 heavy (non-hydrogen) atoms. The van der Waals surface area contributed by atoms with Gasteiger partial charge in [0.1, 0.15) is 11.8 Å². The Kier molecular flexibility index (Phi) is 7.28. The molecule has 1 unspecified atom stereocenters. The molecule has 8 nitrogen and oxygen atoms in total. The van der Waals surface area contributed by atoms with E-state index in [9.17, 15) is 9.59 Å². The first-order valence-corrected chi connectivity index (χ1v) is 6.76. The number of carbonyl (C=O) groups excluding carboxylic acids is 2. The minimum Gasteiger partial charge on any atom is -0.497 e. The third kappa shape index (κ3) is 5.72. The molecule has 0 radical (unpaired) electrons. The van der Waals surface area contributed by atoms with Gasteiger partial charge in [0.05, 0.1) is 7.11 Å². The van der Waals surface area contributed by atoms with Gasteiger partial charge in [-0.3, -0.25) is 9.59 Å². The quantitative estimate of drug-likeness (QED) is 0.431. The molecule has 0 saturated heterocycles. The summed E-state index contributed by atoms with van der Waals surface area (Å²) in [5.74, 6) is 0.117. The van der Waals surface area contributed by atoms with Crippen molar-refractivity contribution in [1.29, 1.82) is 0 Å². The average Bonchev–Trinajstić information content (AvgIpc) is 2.56. The monoisotopic (exact) mass is 305 g/mol. The zero-order valence-corrected chi connectivity index (χ0v) is 12.6. The average molecular weight is 305 g/mol. The Hall–Kier alpha value is -2.73. The largest absolute Gasteiger partial charge is 0.497 e. The predicted molar refractivity (Wildman–Crippen MR) is 81.1 cm³/mol. The van der Waals surface area contributed by atoms with Crippen LogP contribution < -0.4 is 15.4 Å². The Morgan fingerprint density at radius 3 is 2.59 bits per heavy atom. The lowest BCUT2D eigenvalue weighted by Gasteiger charge is -2.11. The summed E-state index contributed by atoms with van der Waals surface area (Å²) >= 11 is 0. The maximum absolute atomic E-state index is 12.0. The number of carbonyl (C=O) groups is 2. The SMILES string of the molecule is CNC(=O)CCC(N=[N+]=[N-])C(=O)NCc1ccc(OC)cc1. The van der Waals surface area contributed by atoms with Gasteiger partial charge in [0.15, 0.2) is 0 Å². The number of azide groups is 1. The Morgan fingerprint density at radius 1 is 1.36 bits per heavy atom. The number of hydrogen-bond donors (Lipinski definition) is 2. The molecule has 0 aromatic heterocycles. The molecule has 2 amide bonds. The molecule has 1 aromatic carbocycles. The fourth-order valence-electron chi connectivity index (χ4n) is 1.75. The standard InChI is InChI=1S/C14H19N5O3/c1-16-13(20)8-7-12(18-19-15)14(21)17-9-10-3-5-11(22-2)6-4-10/h3-6,12H,7-9H2,1-2H3,(H,16,20)(H,17,21). The van der Waals surface area contributed by atoms with Crippen molar-refractivity contribution in [2.45, 2.75) is 25.4 Å². The molecule has 0 heterocycles. The van der Waals surface area contributed by atoms with E-state index in [-0.39, 0.29) is 18.7 Å². The maximum atomic E-state index is 12.0. The summed E-state index contributed by atoms with van der Waals surface area (Å²) in [6, 6.07) is 6.33. The van der Waals surface area contributed by atoms with Crippen molar-refractivity contribution in [2.75, 3.05) is 14.2 Å². The van der Waals surface area contributed by atoms with Crippen LogP contribution in [-0.2, 0) is 16.1 Å². The van der Waals surface area contributed by atoms with Crippen LogP contribution in [0.15, 0.2) is 29.4 Å². The number of nitrogens with one attached hydrogen (secondary N) is 2. The number of benzene rings is 1. The van der Waals surface area contributed by atoms with Crippen molar-refractivity contribution in [3.05, 3.63) is 40.3 Å². The van der Waals surface area contributed by atoms with Crippen molar-refractivity contribution in [3.8, 4) is 5.75 Å². The van der Waals surface area contributed by atoms with Gasteiger partial charge in [-0.2, -0.15) is 0 Å². The van der Waals surface area contributed by atoms with E-state index in [2.05, 4.69) is 20.7 Å². The van der Waals surface area contributed by atoms with Gasteiger partial charge in [-0.05, 0) is 29.6 Å². The number of ether oxygens (including phenoxy) is 1. The van der Waals surface area contributed by atoms with Gasteiger partial charge in [0.2, 0.25) is 11.8 Å². The summed E-state index contributed by atoms with van der Waals surface area (Å²) in [5, 5.41) is 8.58. The number of hydrogen-bond acceptors (Lipinski definition) is 4. The van der Waals surface area contributed by atoms with E-state index in [1.54, 1.807) is 19.2 Å². The van der Waals surface area contributed by atoms with Crippen LogP contribution in [0.4, 0.5) is 0 Å². The first kappa shape index (κ1) is 17.3. The summed E-state index contributed by atoms with van der Waals surface area (Å²) in [5.41, 5.74) is 9.40. The molecule has 0 saturated carbocycles. The van der Waals surface area contributed by atoms with E-state index in [0.29, 0.717) is 6.54 Å². The summed E-state index contributed by atoms with van der Waals surface area (Å²) in [4.78, 5) is 25.8. The van der Waals surface area contributed by atoms with Crippen molar-refractivity contribution in [1.82, 2.24) is 10.6 Å². The lowest BCUT2D eigenvalue weighted by molar-refractivity contribution is -0.123. The zero-order valence-electron chi connectivity index (χ0n) is 12.6. The Labute approximate surface area is 128 Å². The molecule has 0 spiro atoms. The number of amides is 2. The van der Waals surface area contributed by atoms with E-state index < -0.39 is 11.9 Å². The molecule has 2 N–H and O–H groups in total. The molecule has 8 heteroatoms. The highest BCUT2D eigenvalue weighted by Gasteiger charge is 2.17. The topological polar surface area (TPSA) is 116 Å². The van der Waals surface area contributed by atoms with E-state index in [1.165, 1.54) is 7.05 Å². The van der Waals surface area contributed by atoms with Crippen LogP contribution in [0.25, 0.3) is 10.4 Å². The molecule has 1 rings (SSSR count). The molecular formula is C14H19N5O3. The van der Waals surface area contributed by atoms with Crippen LogP contribution >= 0.6 is 0 Å². The highest BCUT2D eigenvalue weighted by Crippen LogP contribution is 2.11. The van der Waals surface area contributed by atoms with Crippen LogP contribution in [0.5, 0.6) is 5.75 Å². The minimum absolute atomic E-state index is 0.121. The summed E-state index contributed by atoms with van der Waals surface area (Å²) in [6.45, 7) is 0.306. The molecular weight excluding hydrogens is 286 g/mol.